The zero-order valence-corrected chi connectivity index (χ0v) is 31.6. The highest BCUT2D eigenvalue weighted by atomic mass is 35.5. The Hall–Kier alpha value is -3.89. The molecule has 53 heavy (non-hydrogen) atoms. The van der Waals surface area contributed by atoms with Crippen molar-refractivity contribution in [3.05, 3.63) is 81.6 Å². The van der Waals surface area contributed by atoms with E-state index in [1.807, 2.05) is 29.2 Å². The van der Waals surface area contributed by atoms with Gasteiger partial charge in [0.2, 0.25) is 0 Å². The Bertz CT molecular complexity index is 1570. The van der Waals surface area contributed by atoms with E-state index in [9.17, 15) is 24.9 Å². The first-order chi connectivity index (χ1) is 25.4. The van der Waals surface area contributed by atoms with E-state index in [1.165, 1.54) is 11.1 Å². The van der Waals surface area contributed by atoms with Gasteiger partial charge in [-0.15, -0.1) is 0 Å². The highest BCUT2D eigenvalue weighted by Crippen LogP contribution is 2.18. The highest BCUT2D eigenvalue weighted by Gasteiger charge is 2.26. The van der Waals surface area contributed by atoms with Crippen LogP contribution in [0.25, 0.3) is 0 Å². The van der Waals surface area contributed by atoms with Crippen LogP contribution in [0.4, 0.5) is 11.6 Å². The molecule has 11 N–H and O–H groups in total. The van der Waals surface area contributed by atoms with Crippen molar-refractivity contribution in [1.29, 1.82) is 0 Å². The average molecular weight is 757 g/mol. The largest absolute Gasteiger partial charge is 0.394 e. The summed E-state index contributed by atoms with van der Waals surface area (Å²) in [6.45, 7) is 6.77. The number of carbonyl (C=O) groups excluding carboxylic acids is 2. The van der Waals surface area contributed by atoms with Crippen LogP contribution in [0.5, 0.6) is 0 Å². The van der Waals surface area contributed by atoms with E-state index in [-0.39, 0.29) is 40.9 Å². The summed E-state index contributed by atoms with van der Waals surface area (Å²) in [6, 6.07) is 15.6. The van der Waals surface area contributed by atoms with Gasteiger partial charge in [-0.25, -0.2) is 9.97 Å². The normalized spacial score (nSPS) is 13.7. The van der Waals surface area contributed by atoms with E-state index in [1.54, 1.807) is 12.1 Å². The minimum Gasteiger partial charge on any atom is -0.394 e. The van der Waals surface area contributed by atoms with Gasteiger partial charge in [0.25, 0.3) is 11.8 Å². The number of rotatable bonds is 24. The molecule has 1 aromatic heterocycles. The van der Waals surface area contributed by atoms with Gasteiger partial charge >= 0.3 is 0 Å². The van der Waals surface area contributed by atoms with Crippen LogP contribution in [0, 0.1) is 12.8 Å². The van der Waals surface area contributed by atoms with Crippen LogP contribution in [0.1, 0.15) is 70.1 Å². The van der Waals surface area contributed by atoms with E-state index in [0.29, 0.717) is 44.8 Å². The summed E-state index contributed by atoms with van der Waals surface area (Å²) in [5.74, 6) is -0.776. The molecule has 3 rings (SSSR count). The number of nitrogens with one attached hydrogen (secondary N) is 3. The van der Waals surface area contributed by atoms with Gasteiger partial charge in [-0.1, -0.05) is 74.2 Å². The Morgan fingerprint density at radius 3 is 2.30 bits per heavy atom. The molecule has 1 heterocycles. The highest BCUT2D eigenvalue weighted by molar-refractivity contribution is 6.31. The molecule has 15 heteroatoms. The maximum Gasteiger partial charge on any atom is 0.273 e. The standard InChI is InChI=1S/C38H57ClN8O6/c1-3-4-5-8-18-47(23-30(49)33(51)31(50)24-48)19-17-43-37(52)28-13-11-26(12-14-28)15-16-42-21-27(20-29-10-7-6-9-25(29)2)22-44-38(53)32-35(40)46-36(41)34(39)45-32/h6-7,9-14,27,30-31,33,42,48-51H,3-5,8,15-24H2,1-2H3,(H,43,52)(H,44,53)(H4,40,41,46)/t27-,30+,31-,33?/m1/s1. The number of hydrogen-bond donors (Lipinski definition) is 9. The molecule has 1 unspecified atom stereocenters. The van der Waals surface area contributed by atoms with Gasteiger partial charge < -0.3 is 47.8 Å². The molecule has 2 amide bonds. The fraction of sp³-hybridized carbons (Fsp3) is 0.526. The lowest BCUT2D eigenvalue weighted by molar-refractivity contribution is -0.0840. The molecule has 14 nitrogen and oxygen atoms in total. The number of unbranched alkanes of at least 4 members (excludes halogenated alkanes) is 3. The van der Waals surface area contributed by atoms with E-state index in [4.69, 9.17) is 28.2 Å². The lowest BCUT2D eigenvalue weighted by Gasteiger charge is -2.29. The quantitative estimate of drug-likeness (QED) is 0.0595. The van der Waals surface area contributed by atoms with Crippen molar-refractivity contribution in [2.45, 2.75) is 70.7 Å². The summed E-state index contributed by atoms with van der Waals surface area (Å²) >= 11 is 5.97. The van der Waals surface area contributed by atoms with Crippen molar-refractivity contribution in [2.24, 2.45) is 5.92 Å². The zero-order valence-electron chi connectivity index (χ0n) is 30.8. The molecule has 0 bridgehead atoms. The van der Waals surface area contributed by atoms with Crippen molar-refractivity contribution in [3.63, 3.8) is 0 Å². The minimum absolute atomic E-state index is 0.0404. The number of nitrogens with zero attached hydrogens (tertiary/aromatic N) is 3. The van der Waals surface area contributed by atoms with Crippen LogP contribution < -0.4 is 27.4 Å². The van der Waals surface area contributed by atoms with Gasteiger partial charge in [0, 0.05) is 31.7 Å². The molecule has 0 aliphatic heterocycles. The molecule has 0 fully saturated rings. The molecular formula is C38H57ClN8O6. The Kier molecular flexibility index (Phi) is 18.9. The second-order valence-corrected chi connectivity index (χ2v) is 13.8. The van der Waals surface area contributed by atoms with Crippen molar-refractivity contribution in [1.82, 2.24) is 30.8 Å². The van der Waals surface area contributed by atoms with Crippen LogP contribution in [0.2, 0.25) is 5.15 Å². The third-order valence-corrected chi connectivity index (χ3v) is 9.42. The lowest BCUT2D eigenvalue weighted by atomic mass is 9.95. The Morgan fingerprint density at radius 1 is 0.868 bits per heavy atom. The van der Waals surface area contributed by atoms with Crippen molar-refractivity contribution >= 4 is 35.1 Å². The molecule has 0 aliphatic carbocycles. The Balaban J connectivity index is 1.49. The van der Waals surface area contributed by atoms with Crippen LogP contribution >= 0.6 is 11.6 Å². The third kappa shape index (κ3) is 14.8. The van der Waals surface area contributed by atoms with Crippen LogP contribution in [-0.2, 0) is 12.8 Å². The molecule has 0 saturated heterocycles. The van der Waals surface area contributed by atoms with Gasteiger partial charge in [0.15, 0.2) is 22.5 Å². The summed E-state index contributed by atoms with van der Waals surface area (Å²) in [4.78, 5) is 35.7. The van der Waals surface area contributed by atoms with E-state index >= 15 is 0 Å². The molecule has 0 spiro atoms. The molecule has 292 valence electrons. The van der Waals surface area contributed by atoms with Crippen LogP contribution in [0.3, 0.4) is 0 Å². The summed E-state index contributed by atoms with van der Waals surface area (Å²) in [7, 11) is 0. The van der Waals surface area contributed by atoms with Crippen LogP contribution in [0.15, 0.2) is 48.5 Å². The summed E-state index contributed by atoms with van der Waals surface area (Å²) in [5, 5.41) is 48.6. The molecule has 2 aromatic carbocycles. The third-order valence-electron chi connectivity index (χ3n) is 9.14. The molecule has 0 radical (unpaired) electrons. The van der Waals surface area contributed by atoms with Gasteiger partial charge in [-0.3, -0.25) is 14.5 Å². The number of anilines is 2. The molecule has 4 atom stereocenters. The number of carbonyl (C=O) groups is 2. The summed E-state index contributed by atoms with van der Waals surface area (Å²) in [6.07, 6.45) is 1.44. The number of halogens is 1. The van der Waals surface area contributed by atoms with Crippen molar-refractivity contribution in [2.75, 3.05) is 63.9 Å². The van der Waals surface area contributed by atoms with Crippen LogP contribution in [-0.4, -0.2) is 118 Å². The first-order valence-corrected chi connectivity index (χ1v) is 18.7. The Morgan fingerprint density at radius 2 is 1.60 bits per heavy atom. The lowest BCUT2D eigenvalue weighted by Crippen LogP contribution is -2.47. The number of aliphatic hydroxyl groups excluding tert-OH is 4. The topological polar surface area (TPSA) is 232 Å². The summed E-state index contributed by atoms with van der Waals surface area (Å²) < 4.78 is 0. The minimum atomic E-state index is -1.47. The van der Waals surface area contributed by atoms with Gasteiger partial charge in [-0.05, 0) is 80.6 Å². The van der Waals surface area contributed by atoms with Crippen molar-refractivity contribution in [3.8, 4) is 0 Å². The average Bonchev–Trinajstić information content (AvgIpc) is 3.15. The number of nitrogens with two attached hydrogens (primary N) is 2. The molecule has 0 saturated carbocycles. The number of aryl methyl sites for hydroxylation is 1. The van der Waals surface area contributed by atoms with Gasteiger partial charge in [-0.2, -0.15) is 0 Å². The second-order valence-electron chi connectivity index (χ2n) is 13.4. The predicted octanol–water partition coefficient (Wildman–Crippen LogP) is 1.71. The first kappa shape index (κ1) is 43.5. The SMILES string of the molecule is CCCCCCN(CCNC(=O)c1ccc(CCNC[C@H](CNC(=O)c2nc(Cl)c(N)nc2N)Cc2ccccc2C)cc1)C[C@H](O)C(O)[C@H](O)CO. The molecular weight excluding hydrogens is 700 g/mol. The number of nitrogen functional groups attached to an aromatic ring is 2. The van der Waals surface area contributed by atoms with Gasteiger partial charge in [0.1, 0.15) is 12.2 Å². The first-order valence-electron chi connectivity index (χ1n) is 18.3. The fourth-order valence-corrected chi connectivity index (χ4v) is 6.01. The number of aromatic nitrogens is 2. The monoisotopic (exact) mass is 756 g/mol. The number of hydrogen-bond acceptors (Lipinski definition) is 12. The number of benzene rings is 2. The predicted molar refractivity (Wildman–Crippen MR) is 208 cm³/mol. The van der Waals surface area contributed by atoms with Crippen molar-refractivity contribution < 1.29 is 30.0 Å². The second kappa shape index (κ2) is 23.0. The van der Waals surface area contributed by atoms with E-state index < -0.39 is 30.8 Å². The number of amides is 2. The molecule has 0 aliphatic rings. The molecule has 3 aromatic rings. The van der Waals surface area contributed by atoms with E-state index in [0.717, 1.165) is 44.1 Å². The summed E-state index contributed by atoms with van der Waals surface area (Å²) in [5.41, 5.74) is 15.4. The zero-order chi connectivity index (χ0) is 38.8. The Labute approximate surface area is 317 Å². The smallest absolute Gasteiger partial charge is 0.273 e. The maximum absolute atomic E-state index is 12.9. The fourth-order valence-electron chi connectivity index (χ4n) is 5.88. The maximum atomic E-state index is 12.9. The van der Waals surface area contributed by atoms with Gasteiger partial charge in [0.05, 0.1) is 12.7 Å². The number of aliphatic hydroxyl groups is 4. The van der Waals surface area contributed by atoms with E-state index in [2.05, 4.69) is 51.9 Å².